The van der Waals surface area contributed by atoms with E-state index in [9.17, 15) is 9.59 Å². The summed E-state index contributed by atoms with van der Waals surface area (Å²) in [5.41, 5.74) is 2.74. The molecule has 0 spiro atoms. The first-order valence-electron chi connectivity index (χ1n) is 9.50. The highest BCUT2D eigenvalue weighted by Gasteiger charge is 2.25. The Hall–Kier alpha value is -1.82. The molecular formula is C19H30N4O2. The van der Waals surface area contributed by atoms with Crippen LogP contribution in [0.25, 0.3) is 0 Å². The van der Waals surface area contributed by atoms with Crippen LogP contribution in [-0.4, -0.2) is 65.4 Å². The van der Waals surface area contributed by atoms with Crippen molar-refractivity contribution in [2.45, 2.75) is 52.0 Å². The lowest BCUT2D eigenvalue weighted by atomic mass is 9.96. The molecule has 6 heteroatoms. The maximum absolute atomic E-state index is 12.5. The molecule has 1 aromatic heterocycles. The van der Waals surface area contributed by atoms with Gasteiger partial charge in [0.1, 0.15) is 0 Å². The fourth-order valence-electron chi connectivity index (χ4n) is 3.92. The number of Topliss-reactive ketones (excluding diaryl/α,β-unsaturated/α-hetero) is 1. The van der Waals surface area contributed by atoms with Gasteiger partial charge in [0.25, 0.3) is 0 Å². The molecule has 3 rings (SSSR count). The average Bonchev–Trinajstić information content (AvgIpc) is 2.95. The molecule has 1 saturated carbocycles. The Kier molecular flexibility index (Phi) is 5.78. The number of piperazine rings is 1. The number of aromatic nitrogens is 1. The van der Waals surface area contributed by atoms with Crippen LogP contribution in [-0.2, 0) is 0 Å². The fourth-order valence-corrected chi connectivity index (χ4v) is 3.92. The minimum atomic E-state index is 0.0648. The Morgan fingerprint density at radius 3 is 2.40 bits per heavy atom. The molecule has 0 atom stereocenters. The SMILES string of the molecule is Cc1cc(C(=O)CN2CCN(C(=O)NC3CCCCC3)CC2)c(C)[nH]1. The molecule has 2 N–H and O–H groups in total. The number of nitrogens with zero attached hydrogens (tertiary/aromatic N) is 2. The van der Waals surface area contributed by atoms with Crippen molar-refractivity contribution in [2.75, 3.05) is 32.7 Å². The van der Waals surface area contributed by atoms with E-state index in [-0.39, 0.29) is 11.8 Å². The largest absolute Gasteiger partial charge is 0.362 e. The first-order chi connectivity index (χ1) is 12.0. The van der Waals surface area contributed by atoms with E-state index in [1.165, 1.54) is 19.3 Å². The zero-order chi connectivity index (χ0) is 17.8. The Morgan fingerprint density at radius 1 is 1.12 bits per heavy atom. The molecule has 1 aliphatic carbocycles. The van der Waals surface area contributed by atoms with E-state index in [0.29, 0.717) is 25.7 Å². The Bertz CT molecular complexity index is 611. The van der Waals surface area contributed by atoms with Crippen LogP contribution in [0.4, 0.5) is 4.79 Å². The monoisotopic (exact) mass is 346 g/mol. The number of nitrogens with one attached hydrogen (secondary N) is 2. The topological polar surface area (TPSA) is 68.4 Å². The summed E-state index contributed by atoms with van der Waals surface area (Å²) >= 11 is 0. The third-order valence-corrected chi connectivity index (χ3v) is 5.41. The molecule has 2 fully saturated rings. The first-order valence-corrected chi connectivity index (χ1v) is 9.50. The molecule has 2 amide bonds. The predicted molar refractivity (Wildman–Crippen MR) is 98.0 cm³/mol. The van der Waals surface area contributed by atoms with Gasteiger partial charge in [0.15, 0.2) is 5.78 Å². The van der Waals surface area contributed by atoms with Crippen molar-refractivity contribution in [3.63, 3.8) is 0 Å². The lowest BCUT2D eigenvalue weighted by Gasteiger charge is -2.35. The molecular weight excluding hydrogens is 316 g/mol. The van der Waals surface area contributed by atoms with Gasteiger partial charge in [0, 0.05) is 49.2 Å². The van der Waals surface area contributed by atoms with Crippen molar-refractivity contribution in [3.8, 4) is 0 Å². The standard InChI is InChI=1S/C19H30N4O2/c1-14-12-17(15(2)20-14)18(24)13-22-8-10-23(11-9-22)19(25)21-16-6-4-3-5-7-16/h12,16,20H,3-11,13H2,1-2H3,(H,21,25). The highest BCUT2D eigenvalue weighted by atomic mass is 16.2. The van der Waals surface area contributed by atoms with Crippen LogP contribution in [0.2, 0.25) is 0 Å². The number of aromatic amines is 1. The molecule has 6 nitrogen and oxygen atoms in total. The number of urea groups is 1. The van der Waals surface area contributed by atoms with Gasteiger partial charge in [-0.15, -0.1) is 0 Å². The summed E-state index contributed by atoms with van der Waals surface area (Å²) in [6.45, 7) is 7.23. The third kappa shape index (κ3) is 4.63. The van der Waals surface area contributed by atoms with Crippen molar-refractivity contribution in [3.05, 3.63) is 23.0 Å². The zero-order valence-corrected chi connectivity index (χ0v) is 15.4. The summed E-state index contributed by atoms with van der Waals surface area (Å²) in [6, 6.07) is 2.33. The minimum absolute atomic E-state index is 0.0648. The molecule has 1 saturated heterocycles. The maximum atomic E-state index is 12.5. The molecule has 2 aliphatic rings. The first kappa shape index (κ1) is 18.0. The number of carbonyl (C=O) groups excluding carboxylic acids is 2. The number of hydrogen-bond donors (Lipinski definition) is 2. The molecule has 0 radical (unpaired) electrons. The lowest BCUT2D eigenvalue weighted by Crippen LogP contribution is -2.54. The second-order valence-corrected chi connectivity index (χ2v) is 7.46. The van der Waals surface area contributed by atoms with Crippen LogP contribution in [0.15, 0.2) is 6.07 Å². The summed E-state index contributed by atoms with van der Waals surface area (Å²) < 4.78 is 0. The van der Waals surface area contributed by atoms with Crippen LogP contribution < -0.4 is 5.32 Å². The van der Waals surface area contributed by atoms with Crippen molar-refractivity contribution in [2.24, 2.45) is 0 Å². The third-order valence-electron chi connectivity index (χ3n) is 5.41. The average molecular weight is 346 g/mol. The van der Waals surface area contributed by atoms with Gasteiger partial charge in [0.05, 0.1) is 6.54 Å². The second kappa shape index (κ2) is 8.04. The smallest absolute Gasteiger partial charge is 0.317 e. The number of carbonyl (C=O) groups is 2. The van der Waals surface area contributed by atoms with E-state index in [4.69, 9.17) is 0 Å². The van der Waals surface area contributed by atoms with E-state index in [0.717, 1.165) is 42.9 Å². The van der Waals surface area contributed by atoms with E-state index >= 15 is 0 Å². The van der Waals surface area contributed by atoms with Crippen molar-refractivity contribution in [1.29, 1.82) is 0 Å². The summed E-state index contributed by atoms with van der Waals surface area (Å²) in [4.78, 5) is 32.1. The van der Waals surface area contributed by atoms with Gasteiger partial charge in [-0.25, -0.2) is 4.79 Å². The highest BCUT2D eigenvalue weighted by Crippen LogP contribution is 2.18. The molecule has 2 heterocycles. The van der Waals surface area contributed by atoms with Crippen molar-refractivity contribution < 1.29 is 9.59 Å². The Labute approximate surface area is 149 Å². The summed E-state index contributed by atoms with van der Waals surface area (Å²) in [6.07, 6.45) is 5.95. The summed E-state index contributed by atoms with van der Waals surface area (Å²) in [7, 11) is 0. The van der Waals surface area contributed by atoms with E-state index in [1.807, 2.05) is 24.8 Å². The van der Waals surface area contributed by atoms with Crippen molar-refractivity contribution >= 4 is 11.8 Å². The Balaban J connectivity index is 1.44. The van der Waals surface area contributed by atoms with E-state index in [2.05, 4.69) is 15.2 Å². The Morgan fingerprint density at radius 2 is 1.80 bits per heavy atom. The second-order valence-electron chi connectivity index (χ2n) is 7.46. The maximum Gasteiger partial charge on any atom is 0.317 e. The number of rotatable bonds is 4. The summed E-state index contributed by atoms with van der Waals surface area (Å²) in [5, 5.41) is 3.18. The van der Waals surface area contributed by atoms with Crippen LogP contribution >= 0.6 is 0 Å². The van der Waals surface area contributed by atoms with Gasteiger partial charge in [-0.2, -0.15) is 0 Å². The highest BCUT2D eigenvalue weighted by molar-refractivity contribution is 5.98. The number of amides is 2. The molecule has 0 aromatic carbocycles. The van der Waals surface area contributed by atoms with Gasteiger partial charge in [-0.1, -0.05) is 19.3 Å². The molecule has 1 aromatic rings. The van der Waals surface area contributed by atoms with Crippen LogP contribution in [0, 0.1) is 13.8 Å². The quantitative estimate of drug-likeness (QED) is 0.823. The molecule has 0 unspecified atom stereocenters. The minimum Gasteiger partial charge on any atom is -0.362 e. The normalized spacial score (nSPS) is 19.8. The number of aryl methyl sites for hydroxylation is 2. The van der Waals surface area contributed by atoms with Gasteiger partial charge >= 0.3 is 6.03 Å². The fraction of sp³-hybridized carbons (Fsp3) is 0.684. The summed E-state index contributed by atoms with van der Waals surface area (Å²) in [5.74, 6) is 0.155. The van der Waals surface area contributed by atoms with Gasteiger partial charge in [0.2, 0.25) is 0 Å². The van der Waals surface area contributed by atoms with Crippen LogP contribution in [0.1, 0.15) is 53.8 Å². The van der Waals surface area contributed by atoms with Gasteiger partial charge in [-0.3, -0.25) is 9.69 Å². The van der Waals surface area contributed by atoms with E-state index < -0.39 is 0 Å². The molecule has 25 heavy (non-hydrogen) atoms. The molecule has 138 valence electrons. The predicted octanol–water partition coefficient (Wildman–Crippen LogP) is 2.47. The van der Waals surface area contributed by atoms with Crippen LogP contribution in [0.5, 0.6) is 0 Å². The molecule has 0 bridgehead atoms. The van der Waals surface area contributed by atoms with Crippen LogP contribution in [0.3, 0.4) is 0 Å². The van der Waals surface area contributed by atoms with Gasteiger partial charge in [-0.05, 0) is 32.8 Å². The number of H-pyrrole nitrogens is 1. The number of hydrogen-bond acceptors (Lipinski definition) is 3. The van der Waals surface area contributed by atoms with Crippen molar-refractivity contribution in [1.82, 2.24) is 20.1 Å². The molecule has 1 aliphatic heterocycles. The number of ketones is 1. The zero-order valence-electron chi connectivity index (χ0n) is 15.4. The van der Waals surface area contributed by atoms with E-state index in [1.54, 1.807) is 0 Å². The van der Waals surface area contributed by atoms with Gasteiger partial charge < -0.3 is 15.2 Å². The lowest BCUT2D eigenvalue weighted by molar-refractivity contribution is 0.0875.